The van der Waals surface area contributed by atoms with Crippen molar-refractivity contribution < 1.29 is 4.79 Å². The van der Waals surface area contributed by atoms with Crippen LogP contribution in [0.25, 0.3) is 21.7 Å². The van der Waals surface area contributed by atoms with Crippen molar-refractivity contribution in [3.63, 3.8) is 0 Å². The van der Waals surface area contributed by atoms with Crippen molar-refractivity contribution in [3.8, 4) is 0 Å². The summed E-state index contributed by atoms with van der Waals surface area (Å²) < 4.78 is 1.13. The van der Waals surface area contributed by atoms with E-state index in [1.54, 1.807) is 18.5 Å². The number of hydrogen-bond acceptors (Lipinski definition) is 3. The molecule has 2 aromatic carbocycles. The molecule has 7 heteroatoms. The Hall–Kier alpha value is -2.97. The third-order valence-corrected chi connectivity index (χ3v) is 6.71. The number of fused-ring (bicyclic) bond motifs is 2. The molecule has 0 aliphatic carbocycles. The summed E-state index contributed by atoms with van der Waals surface area (Å²) in [7, 11) is 0. The lowest BCUT2D eigenvalue weighted by Crippen LogP contribution is -2.23. The van der Waals surface area contributed by atoms with Gasteiger partial charge >= 0.3 is 0 Å². The summed E-state index contributed by atoms with van der Waals surface area (Å²) in [5.74, 6) is -0.117. The van der Waals surface area contributed by atoms with Gasteiger partial charge in [-0.2, -0.15) is 0 Å². The summed E-state index contributed by atoms with van der Waals surface area (Å²) in [6, 6.07) is 17.8. The van der Waals surface area contributed by atoms with E-state index in [0.717, 1.165) is 37.1 Å². The van der Waals surface area contributed by atoms with Crippen LogP contribution in [0.2, 0.25) is 5.02 Å². The van der Waals surface area contributed by atoms with E-state index >= 15 is 0 Å². The summed E-state index contributed by atoms with van der Waals surface area (Å²) in [4.78, 5) is 24.9. The number of nitrogens with zero attached hydrogens (tertiary/aromatic N) is 2. The van der Waals surface area contributed by atoms with Crippen LogP contribution in [-0.2, 0) is 13.0 Å². The van der Waals surface area contributed by atoms with Crippen LogP contribution >= 0.6 is 34.2 Å². The third-order valence-electron chi connectivity index (χ3n) is 5.65. The van der Waals surface area contributed by atoms with Gasteiger partial charge in [-0.25, -0.2) is 0 Å². The van der Waals surface area contributed by atoms with Crippen LogP contribution in [0.1, 0.15) is 32.9 Å². The van der Waals surface area contributed by atoms with E-state index in [9.17, 15) is 4.79 Å². The first kappa shape index (κ1) is 21.9. The summed E-state index contributed by atoms with van der Waals surface area (Å²) in [5, 5.41) is 7.01. The Labute approximate surface area is 209 Å². The molecule has 3 aromatic heterocycles. The topological polar surface area (TPSA) is 70.7 Å². The van der Waals surface area contributed by atoms with Crippen molar-refractivity contribution in [3.05, 3.63) is 104 Å². The van der Waals surface area contributed by atoms with E-state index in [1.165, 1.54) is 10.8 Å². The van der Waals surface area contributed by atoms with Crippen molar-refractivity contribution in [1.29, 1.82) is 0 Å². The van der Waals surface area contributed by atoms with Crippen molar-refractivity contribution in [2.45, 2.75) is 19.9 Å². The fraction of sp³-hybridized carbons (Fsp3) is 0.115. The van der Waals surface area contributed by atoms with Gasteiger partial charge in [0.1, 0.15) is 0 Å². The number of hydrogen-bond donors (Lipinski definition) is 2. The molecule has 5 aromatic rings. The van der Waals surface area contributed by atoms with Crippen LogP contribution in [0.15, 0.2) is 67.0 Å². The van der Waals surface area contributed by atoms with Gasteiger partial charge in [0.15, 0.2) is 0 Å². The number of aromatic nitrogens is 3. The van der Waals surface area contributed by atoms with Crippen LogP contribution in [0.4, 0.5) is 0 Å². The molecule has 0 unspecified atom stereocenters. The number of nitrogens with one attached hydrogen (secondary N) is 2. The Bertz CT molecular complexity index is 1510. The zero-order valence-corrected chi connectivity index (χ0v) is 20.7. The Morgan fingerprint density at radius 3 is 2.76 bits per heavy atom. The fourth-order valence-electron chi connectivity index (χ4n) is 3.98. The molecule has 33 heavy (non-hydrogen) atoms. The molecule has 0 fully saturated rings. The van der Waals surface area contributed by atoms with Crippen molar-refractivity contribution in [2.75, 3.05) is 0 Å². The van der Waals surface area contributed by atoms with Crippen LogP contribution in [0, 0.1) is 10.6 Å². The Morgan fingerprint density at radius 2 is 1.88 bits per heavy atom. The average molecular weight is 567 g/mol. The molecular weight excluding hydrogens is 547 g/mol. The lowest BCUT2D eigenvalue weighted by molar-refractivity contribution is 0.0950. The largest absolute Gasteiger partial charge is 0.353 e. The van der Waals surface area contributed by atoms with Gasteiger partial charge in [-0.15, -0.1) is 0 Å². The zero-order chi connectivity index (χ0) is 22.9. The molecule has 0 atom stereocenters. The Kier molecular flexibility index (Phi) is 6.03. The SMILES string of the molecule is Cc1[nH]c(I)c2ccc(CNC(=O)c3ccnc(Cc4ccc5ncc(Cl)cc5c4)c3)cc12. The number of H-pyrrole nitrogens is 1. The summed E-state index contributed by atoms with van der Waals surface area (Å²) in [6.45, 7) is 2.53. The summed E-state index contributed by atoms with van der Waals surface area (Å²) >= 11 is 8.38. The molecule has 1 amide bonds. The number of benzene rings is 2. The monoisotopic (exact) mass is 566 g/mol. The number of pyridine rings is 2. The van der Waals surface area contributed by atoms with Crippen LogP contribution in [0.5, 0.6) is 0 Å². The molecule has 0 spiro atoms. The van der Waals surface area contributed by atoms with Gasteiger partial charge in [-0.1, -0.05) is 29.8 Å². The lowest BCUT2D eigenvalue weighted by atomic mass is 10.0. The first-order valence-electron chi connectivity index (χ1n) is 10.5. The number of halogens is 2. The van der Waals surface area contributed by atoms with E-state index in [4.69, 9.17) is 11.6 Å². The standard InChI is InChI=1S/C26H20ClIN4O/c1-15-23-10-17(2-4-22(23)25(28)32-15)13-31-26(33)18-6-7-29-21(12-18)9-16-3-5-24-19(8-16)11-20(27)14-30-24/h2-8,10-12,14,32H,9,13H2,1H3,(H,31,33). The normalized spacial score (nSPS) is 11.2. The predicted molar refractivity (Wildman–Crippen MR) is 141 cm³/mol. The molecule has 0 radical (unpaired) electrons. The van der Waals surface area contributed by atoms with Crippen LogP contribution in [-0.4, -0.2) is 20.9 Å². The van der Waals surface area contributed by atoms with E-state index in [2.05, 4.69) is 74.0 Å². The molecule has 5 rings (SSSR count). The highest BCUT2D eigenvalue weighted by Crippen LogP contribution is 2.25. The minimum absolute atomic E-state index is 0.117. The first-order chi connectivity index (χ1) is 16.0. The van der Waals surface area contributed by atoms with E-state index in [1.807, 2.05) is 24.3 Å². The fourth-order valence-corrected chi connectivity index (χ4v) is 5.02. The maximum Gasteiger partial charge on any atom is 0.251 e. The van der Waals surface area contributed by atoms with Gasteiger partial charge in [-0.3, -0.25) is 14.8 Å². The maximum absolute atomic E-state index is 12.8. The number of amides is 1. The highest BCUT2D eigenvalue weighted by molar-refractivity contribution is 14.1. The number of aromatic amines is 1. The lowest BCUT2D eigenvalue weighted by Gasteiger charge is -2.08. The van der Waals surface area contributed by atoms with E-state index in [0.29, 0.717) is 23.6 Å². The smallest absolute Gasteiger partial charge is 0.251 e. The second kappa shape index (κ2) is 9.11. The van der Waals surface area contributed by atoms with Crippen molar-refractivity contribution in [1.82, 2.24) is 20.3 Å². The third kappa shape index (κ3) is 4.72. The molecule has 5 nitrogen and oxygen atoms in total. The molecule has 0 saturated carbocycles. The Balaban J connectivity index is 1.29. The molecule has 164 valence electrons. The summed E-state index contributed by atoms with van der Waals surface area (Å²) in [5.41, 5.74) is 5.60. The minimum atomic E-state index is -0.117. The summed E-state index contributed by atoms with van der Waals surface area (Å²) in [6.07, 6.45) is 3.94. The van der Waals surface area contributed by atoms with Gasteiger partial charge in [-0.05, 0) is 77.0 Å². The first-order valence-corrected chi connectivity index (χ1v) is 12.0. The highest BCUT2D eigenvalue weighted by atomic mass is 127. The van der Waals surface area contributed by atoms with Crippen molar-refractivity contribution >= 4 is 61.8 Å². The number of carbonyl (C=O) groups is 1. The highest BCUT2D eigenvalue weighted by Gasteiger charge is 2.10. The second-order valence-corrected chi connectivity index (χ2v) is 9.54. The maximum atomic E-state index is 12.8. The molecule has 0 aliphatic rings. The molecule has 0 bridgehead atoms. The zero-order valence-electron chi connectivity index (χ0n) is 17.8. The molecule has 0 saturated heterocycles. The van der Waals surface area contributed by atoms with Gasteiger partial charge in [0, 0.05) is 58.5 Å². The van der Waals surface area contributed by atoms with E-state index in [-0.39, 0.29) is 5.91 Å². The van der Waals surface area contributed by atoms with Gasteiger partial charge in [0.2, 0.25) is 0 Å². The van der Waals surface area contributed by atoms with Crippen molar-refractivity contribution in [2.24, 2.45) is 0 Å². The van der Waals surface area contributed by atoms with E-state index < -0.39 is 0 Å². The predicted octanol–water partition coefficient (Wildman–Crippen LogP) is 6.20. The second-order valence-electron chi connectivity index (χ2n) is 8.02. The van der Waals surface area contributed by atoms with Crippen LogP contribution < -0.4 is 5.32 Å². The molecular formula is C26H20ClIN4O. The van der Waals surface area contributed by atoms with Gasteiger partial charge in [0.05, 0.1) is 14.2 Å². The van der Waals surface area contributed by atoms with Gasteiger partial charge in [0.25, 0.3) is 5.91 Å². The quantitative estimate of drug-likeness (QED) is 0.249. The van der Waals surface area contributed by atoms with Crippen LogP contribution in [0.3, 0.4) is 0 Å². The molecule has 3 heterocycles. The minimum Gasteiger partial charge on any atom is -0.353 e. The number of carbonyl (C=O) groups excluding carboxylic acids is 1. The number of rotatable bonds is 5. The number of aryl methyl sites for hydroxylation is 1. The molecule has 0 aliphatic heterocycles. The average Bonchev–Trinajstić information content (AvgIpc) is 3.10. The Morgan fingerprint density at radius 1 is 1.03 bits per heavy atom. The van der Waals surface area contributed by atoms with Gasteiger partial charge < -0.3 is 10.3 Å². The molecule has 2 N–H and O–H groups in total.